The van der Waals surface area contributed by atoms with Crippen LogP contribution in [-0.4, -0.2) is 34.9 Å². The Bertz CT molecular complexity index is 1450. The average Bonchev–Trinajstić information content (AvgIpc) is 2.91. The summed E-state index contributed by atoms with van der Waals surface area (Å²) in [6.07, 6.45) is 0.346. The van der Waals surface area contributed by atoms with E-state index in [1.165, 1.54) is 0 Å². The van der Waals surface area contributed by atoms with E-state index in [-0.39, 0.29) is 25.0 Å². The molecule has 1 N–H and O–H groups in total. The van der Waals surface area contributed by atoms with Crippen molar-refractivity contribution in [3.05, 3.63) is 112 Å². The van der Waals surface area contributed by atoms with Crippen molar-refractivity contribution in [3.8, 4) is 5.75 Å². The van der Waals surface area contributed by atoms with Crippen LogP contribution in [0.1, 0.15) is 31.9 Å². The molecule has 5 nitrogen and oxygen atoms in total. The van der Waals surface area contributed by atoms with Gasteiger partial charge in [-0.25, -0.2) is 0 Å². The molecule has 0 heterocycles. The van der Waals surface area contributed by atoms with Crippen molar-refractivity contribution in [1.29, 1.82) is 0 Å². The number of nitrogens with one attached hydrogen (secondary N) is 1. The molecular weight excluding hydrogens is 576 g/mol. The van der Waals surface area contributed by atoms with E-state index in [1.54, 1.807) is 11.0 Å². The van der Waals surface area contributed by atoms with Gasteiger partial charge in [0.05, 0.1) is 4.47 Å². The molecule has 0 fully saturated rings. The third-order valence-electron chi connectivity index (χ3n) is 6.25. The Labute approximate surface area is 243 Å². The zero-order valence-corrected chi connectivity index (χ0v) is 24.6. The van der Waals surface area contributed by atoms with Gasteiger partial charge < -0.3 is 15.0 Å². The molecule has 0 aliphatic heterocycles. The minimum atomic E-state index is -0.779. The third-order valence-corrected chi connectivity index (χ3v) is 7.43. The topological polar surface area (TPSA) is 58.6 Å². The Morgan fingerprint density at radius 3 is 2.31 bits per heavy atom. The van der Waals surface area contributed by atoms with Crippen molar-refractivity contribution in [2.24, 2.45) is 0 Å². The Morgan fingerprint density at radius 2 is 1.59 bits per heavy atom. The summed E-state index contributed by atoms with van der Waals surface area (Å²) in [4.78, 5) is 29.1. The molecule has 4 rings (SSSR count). The predicted molar refractivity (Wildman–Crippen MR) is 161 cm³/mol. The molecule has 0 aromatic heterocycles. The van der Waals surface area contributed by atoms with Crippen molar-refractivity contribution in [2.45, 2.75) is 45.3 Å². The summed E-state index contributed by atoms with van der Waals surface area (Å²) in [5.41, 5.74) is 1.22. The van der Waals surface area contributed by atoms with Gasteiger partial charge in [0.25, 0.3) is 5.91 Å². The Kier molecular flexibility index (Phi) is 9.31. The molecule has 0 spiro atoms. The first-order chi connectivity index (χ1) is 18.6. The molecule has 0 saturated carbocycles. The van der Waals surface area contributed by atoms with Crippen molar-refractivity contribution in [2.75, 3.05) is 6.61 Å². The molecule has 0 saturated heterocycles. The molecule has 4 aromatic rings. The van der Waals surface area contributed by atoms with E-state index >= 15 is 0 Å². The van der Waals surface area contributed by atoms with Crippen LogP contribution < -0.4 is 10.1 Å². The minimum Gasteiger partial charge on any atom is -0.483 e. The summed E-state index contributed by atoms with van der Waals surface area (Å²) in [6, 6.07) is 28.0. The van der Waals surface area contributed by atoms with Crippen LogP contribution in [0.25, 0.3) is 10.8 Å². The van der Waals surface area contributed by atoms with E-state index in [0.717, 1.165) is 26.4 Å². The normalized spacial score (nSPS) is 12.1. The van der Waals surface area contributed by atoms with Crippen molar-refractivity contribution >= 4 is 50.1 Å². The number of fused-ring (bicyclic) bond motifs is 1. The molecule has 0 bridgehead atoms. The van der Waals surface area contributed by atoms with Gasteiger partial charge >= 0.3 is 0 Å². The Hall–Kier alpha value is -3.35. The first kappa shape index (κ1) is 28.7. The highest BCUT2D eigenvalue weighted by Gasteiger charge is 2.33. The zero-order valence-electron chi connectivity index (χ0n) is 22.3. The molecule has 1 unspecified atom stereocenters. The second-order valence-electron chi connectivity index (χ2n) is 10.4. The van der Waals surface area contributed by atoms with Gasteiger partial charge in [0, 0.05) is 23.5 Å². The summed E-state index contributed by atoms with van der Waals surface area (Å²) >= 11 is 10.1. The maximum atomic E-state index is 13.9. The largest absolute Gasteiger partial charge is 0.483 e. The lowest BCUT2D eigenvalue weighted by Crippen LogP contribution is -2.55. The van der Waals surface area contributed by atoms with Crippen LogP contribution in [0.4, 0.5) is 0 Å². The highest BCUT2D eigenvalue weighted by Crippen LogP contribution is 2.33. The second-order valence-corrected chi connectivity index (χ2v) is 11.6. The highest BCUT2D eigenvalue weighted by atomic mass is 79.9. The number of benzene rings is 4. The van der Waals surface area contributed by atoms with Gasteiger partial charge in [0.1, 0.15) is 11.8 Å². The van der Waals surface area contributed by atoms with Crippen LogP contribution in [0.15, 0.2) is 95.5 Å². The summed E-state index contributed by atoms with van der Waals surface area (Å²) in [5.74, 6) is -0.00268. The minimum absolute atomic E-state index is 0.163. The van der Waals surface area contributed by atoms with E-state index < -0.39 is 11.6 Å². The van der Waals surface area contributed by atoms with Gasteiger partial charge in [0.15, 0.2) is 6.61 Å². The number of amides is 2. The molecule has 4 aromatic carbocycles. The molecule has 39 heavy (non-hydrogen) atoms. The average molecular weight is 608 g/mol. The lowest BCUT2D eigenvalue weighted by atomic mass is 10.0. The van der Waals surface area contributed by atoms with E-state index in [9.17, 15) is 9.59 Å². The molecule has 0 aliphatic carbocycles. The maximum absolute atomic E-state index is 13.9. The molecule has 0 radical (unpaired) electrons. The van der Waals surface area contributed by atoms with E-state index in [2.05, 4.69) is 21.2 Å². The molecule has 7 heteroatoms. The zero-order chi connectivity index (χ0) is 28.0. The molecule has 202 valence electrons. The number of halogens is 2. The smallest absolute Gasteiger partial charge is 0.261 e. The van der Waals surface area contributed by atoms with Gasteiger partial charge in [-0.05, 0) is 70.7 Å². The number of rotatable bonds is 9. The number of carbonyl (C=O) groups excluding carboxylic acids is 2. The fraction of sp³-hybridized carbons (Fsp3) is 0.250. The van der Waals surface area contributed by atoms with Gasteiger partial charge in [-0.15, -0.1) is 0 Å². The quantitative estimate of drug-likeness (QED) is 0.219. The summed E-state index contributed by atoms with van der Waals surface area (Å²) < 4.78 is 6.81. The predicted octanol–water partition coefficient (Wildman–Crippen LogP) is 7.19. The van der Waals surface area contributed by atoms with Crippen LogP contribution in [0.5, 0.6) is 5.75 Å². The first-order valence-electron chi connectivity index (χ1n) is 12.8. The fourth-order valence-corrected chi connectivity index (χ4v) is 5.17. The number of ether oxygens (including phenoxy) is 1. The SMILES string of the molecule is CC(C)(C)NC(=O)C(Cc1ccccc1)N(Cc1ccccc1Cl)C(=O)COc1ccc2ccccc2c1Br. The van der Waals surface area contributed by atoms with Gasteiger partial charge in [-0.1, -0.05) is 90.5 Å². The number of carbonyl (C=O) groups is 2. The van der Waals surface area contributed by atoms with Crippen LogP contribution in [0, 0.1) is 0 Å². The molecule has 1 atom stereocenters. The van der Waals surface area contributed by atoms with Crippen molar-refractivity contribution < 1.29 is 14.3 Å². The first-order valence-corrected chi connectivity index (χ1v) is 14.0. The summed E-state index contributed by atoms with van der Waals surface area (Å²) in [7, 11) is 0. The van der Waals surface area contributed by atoms with Crippen LogP contribution in [0.3, 0.4) is 0 Å². The van der Waals surface area contributed by atoms with Crippen LogP contribution in [-0.2, 0) is 22.6 Å². The molecule has 0 aliphatic rings. The van der Waals surface area contributed by atoms with Crippen LogP contribution in [0.2, 0.25) is 5.02 Å². The second kappa shape index (κ2) is 12.7. The number of hydrogen-bond donors (Lipinski definition) is 1. The third kappa shape index (κ3) is 7.61. The number of hydrogen-bond acceptors (Lipinski definition) is 3. The van der Waals surface area contributed by atoms with Gasteiger partial charge in [-0.3, -0.25) is 9.59 Å². The maximum Gasteiger partial charge on any atom is 0.261 e. The van der Waals surface area contributed by atoms with Crippen molar-refractivity contribution in [3.63, 3.8) is 0 Å². The summed E-state index contributed by atoms with van der Waals surface area (Å²) in [6.45, 7) is 5.69. The molecular formula is C32H32BrClN2O3. The number of nitrogens with zero attached hydrogens (tertiary/aromatic N) is 1. The Morgan fingerprint density at radius 1 is 0.923 bits per heavy atom. The monoisotopic (exact) mass is 606 g/mol. The van der Waals surface area contributed by atoms with E-state index in [4.69, 9.17) is 16.3 Å². The fourth-order valence-electron chi connectivity index (χ4n) is 4.36. The lowest BCUT2D eigenvalue weighted by Gasteiger charge is -2.34. The van der Waals surface area contributed by atoms with E-state index in [1.807, 2.05) is 106 Å². The summed E-state index contributed by atoms with van der Waals surface area (Å²) in [5, 5.41) is 5.64. The van der Waals surface area contributed by atoms with Gasteiger partial charge in [0.2, 0.25) is 5.91 Å². The van der Waals surface area contributed by atoms with Crippen molar-refractivity contribution in [1.82, 2.24) is 10.2 Å². The van der Waals surface area contributed by atoms with Crippen LogP contribution >= 0.6 is 27.5 Å². The lowest BCUT2D eigenvalue weighted by molar-refractivity contribution is -0.143. The highest BCUT2D eigenvalue weighted by molar-refractivity contribution is 9.10. The van der Waals surface area contributed by atoms with E-state index in [0.29, 0.717) is 17.2 Å². The Balaban J connectivity index is 1.66. The molecule has 2 amide bonds. The standard InChI is InChI=1S/C32H32BrClN2O3/c1-32(2,3)35-31(38)27(19-22-11-5-4-6-12-22)36(20-24-14-8-10-16-26(24)34)29(37)21-39-28-18-17-23-13-7-9-15-25(23)30(28)33/h4-18,27H,19-21H2,1-3H3,(H,35,38). The van der Waals surface area contributed by atoms with Gasteiger partial charge in [-0.2, -0.15) is 0 Å².